The highest BCUT2D eigenvalue weighted by atomic mass is 19.1. The molecular weight excluding hydrogens is 425 g/mol. The first-order valence-electron chi connectivity index (χ1n) is 11.2. The second kappa shape index (κ2) is 10.9. The molecule has 176 valence electrons. The lowest BCUT2D eigenvalue weighted by atomic mass is 10.0. The van der Waals surface area contributed by atoms with Gasteiger partial charge < -0.3 is 20.4 Å². The number of aryl methyl sites for hydroxylation is 1. The minimum Gasteiger partial charge on any atom is -0.469 e. The van der Waals surface area contributed by atoms with E-state index in [0.29, 0.717) is 46.7 Å². The smallest absolute Gasteiger partial charge is 0.305 e. The average Bonchev–Trinajstić information content (AvgIpc) is 3.24. The highest BCUT2D eigenvalue weighted by Crippen LogP contribution is 2.34. The summed E-state index contributed by atoms with van der Waals surface area (Å²) in [6.45, 7) is 4.20. The largest absolute Gasteiger partial charge is 0.469 e. The number of fused-ring (bicyclic) bond motifs is 1. The van der Waals surface area contributed by atoms with E-state index in [4.69, 9.17) is 0 Å². The lowest BCUT2D eigenvalue weighted by Gasteiger charge is -2.06. The van der Waals surface area contributed by atoms with Crippen molar-refractivity contribution >= 4 is 35.1 Å². The Balaban J connectivity index is 1.57. The lowest BCUT2D eigenvalue weighted by Crippen LogP contribution is -2.25. The number of benzene rings is 1. The van der Waals surface area contributed by atoms with Crippen LogP contribution in [0.3, 0.4) is 0 Å². The van der Waals surface area contributed by atoms with Crippen LogP contribution in [0.25, 0.3) is 11.6 Å². The van der Waals surface area contributed by atoms with E-state index in [9.17, 15) is 18.8 Å². The van der Waals surface area contributed by atoms with Crippen molar-refractivity contribution in [2.75, 3.05) is 19.0 Å². The molecule has 1 aromatic carbocycles. The number of amides is 2. The maximum atomic E-state index is 13.7. The predicted molar refractivity (Wildman–Crippen MR) is 125 cm³/mol. The number of hydrogen-bond donors (Lipinski definition) is 3. The van der Waals surface area contributed by atoms with Gasteiger partial charge in [-0.05, 0) is 56.5 Å². The van der Waals surface area contributed by atoms with E-state index in [2.05, 4.69) is 20.4 Å². The number of ether oxygens (including phenoxy) is 1. The highest BCUT2D eigenvalue weighted by molar-refractivity contribution is 6.34. The number of aromatic amines is 1. The molecule has 33 heavy (non-hydrogen) atoms. The number of carbonyl (C=O) groups excluding carboxylic acids is 3. The van der Waals surface area contributed by atoms with Gasteiger partial charge in [-0.25, -0.2) is 4.39 Å². The molecule has 0 fully saturated rings. The maximum absolute atomic E-state index is 13.7. The molecule has 0 spiro atoms. The number of halogens is 1. The zero-order valence-electron chi connectivity index (χ0n) is 19.3. The van der Waals surface area contributed by atoms with Crippen LogP contribution in [-0.2, 0) is 14.3 Å². The van der Waals surface area contributed by atoms with Gasteiger partial charge in [-0.3, -0.25) is 14.4 Å². The molecule has 1 aromatic heterocycles. The first-order valence-corrected chi connectivity index (χ1v) is 11.2. The standard InChI is InChI=1S/C25H30FN3O4/c1-15-21(14-19-18-13-17(26)10-11-20(18)29-24(19)31)28-16(2)23(15)25(32)27-12-8-6-4-5-7-9-22(30)33-3/h10-11,13-14,28H,4-9,12H2,1-3H3,(H,27,32)(H,29,31)/b19-14-. The molecular formula is C25H30FN3O4. The first kappa shape index (κ1) is 24.2. The van der Waals surface area contributed by atoms with E-state index in [1.54, 1.807) is 6.08 Å². The molecule has 2 amide bonds. The van der Waals surface area contributed by atoms with Crippen molar-refractivity contribution in [3.8, 4) is 0 Å². The minimum absolute atomic E-state index is 0.168. The summed E-state index contributed by atoms with van der Waals surface area (Å²) in [5, 5.41) is 5.68. The van der Waals surface area contributed by atoms with E-state index in [-0.39, 0.29) is 17.8 Å². The Morgan fingerprint density at radius 3 is 2.61 bits per heavy atom. The Hall–Kier alpha value is -3.42. The van der Waals surface area contributed by atoms with Crippen molar-refractivity contribution in [2.45, 2.75) is 52.4 Å². The van der Waals surface area contributed by atoms with Crippen LogP contribution in [-0.4, -0.2) is 36.4 Å². The Bertz CT molecular complexity index is 1090. The lowest BCUT2D eigenvalue weighted by molar-refractivity contribution is -0.140. The van der Waals surface area contributed by atoms with Crippen LogP contribution in [0.4, 0.5) is 10.1 Å². The minimum atomic E-state index is -0.418. The van der Waals surface area contributed by atoms with Crippen LogP contribution >= 0.6 is 0 Å². The Kier molecular flexibility index (Phi) is 8.03. The average molecular weight is 456 g/mol. The third-order valence-electron chi connectivity index (χ3n) is 5.83. The number of methoxy groups -OCH3 is 1. The summed E-state index contributed by atoms with van der Waals surface area (Å²) < 4.78 is 18.3. The van der Waals surface area contributed by atoms with Crippen molar-refractivity contribution in [3.05, 3.63) is 52.1 Å². The molecule has 3 N–H and O–H groups in total. The van der Waals surface area contributed by atoms with E-state index < -0.39 is 5.82 Å². The van der Waals surface area contributed by atoms with Crippen molar-refractivity contribution in [2.24, 2.45) is 0 Å². The summed E-state index contributed by atoms with van der Waals surface area (Å²) in [4.78, 5) is 39.4. The summed E-state index contributed by atoms with van der Waals surface area (Å²) >= 11 is 0. The fraction of sp³-hybridized carbons (Fsp3) is 0.400. The van der Waals surface area contributed by atoms with Crippen LogP contribution in [0.5, 0.6) is 0 Å². The Morgan fingerprint density at radius 2 is 1.85 bits per heavy atom. The normalized spacial score (nSPS) is 13.7. The van der Waals surface area contributed by atoms with Gasteiger partial charge in [0.05, 0.1) is 18.2 Å². The van der Waals surface area contributed by atoms with E-state index in [0.717, 1.165) is 37.7 Å². The van der Waals surface area contributed by atoms with Crippen LogP contribution < -0.4 is 10.6 Å². The number of H-pyrrole nitrogens is 1. The van der Waals surface area contributed by atoms with Gasteiger partial charge in [0.15, 0.2) is 0 Å². The Labute approximate surface area is 192 Å². The third kappa shape index (κ3) is 5.88. The van der Waals surface area contributed by atoms with E-state index >= 15 is 0 Å². The molecule has 1 aliphatic heterocycles. The summed E-state index contributed by atoms with van der Waals surface area (Å²) in [7, 11) is 1.39. The summed E-state index contributed by atoms with van der Waals surface area (Å²) in [6.07, 6.45) is 6.69. The Morgan fingerprint density at radius 1 is 1.12 bits per heavy atom. The topological polar surface area (TPSA) is 100 Å². The van der Waals surface area contributed by atoms with E-state index in [1.165, 1.54) is 25.3 Å². The quantitative estimate of drug-likeness (QED) is 0.279. The monoisotopic (exact) mass is 455 g/mol. The predicted octanol–water partition coefficient (Wildman–Crippen LogP) is 4.51. The number of esters is 1. The molecule has 0 bridgehead atoms. The molecule has 3 rings (SSSR count). The van der Waals surface area contributed by atoms with Crippen molar-refractivity contribution in [3.63, 3.8) is 0 Å². The molecule has 0 aliphatic carbocycles. The van der Waals surface area contributed by atoms with E-state index in [1.807, 2.05) is 13.8 Å². The zero-order valence-corrected chi connectivity index (χ0v) is 19.3. The van der Waals surface area contributed by atoms with Crippen molar-refractivity contribution < 1.29 is 23.5 Å². The first-order chi connectivity index (χ1) is 15.8. The molecule has 0 unspecified atom stereocenters. The molecule has 0 atom stereocenters. The second-order valence-corrected chi connectivity index (χ2v) is 8.22. The molecule has 1 aliphatic rings. The van der Waals surface area contributed by atoms with Crippen LogP contribution in [0.1, 0.15) is 71.4 Å². The molecule has 0 saturated carbocycles. The van der Waals surface area contributed by atoms with Crippen molar-refractivity contribution in [1.29, 1.82) is 0 Å². The van der Waals surface area contributed by atoms with Crippen LogP contribution in [0.15, 0.2) is 18.2 Å². The van der Waals surface area contributed by atoms with Gasteiger partial charge in [-0.15, -0.1) is 0 Å². The number of rotatable bonds is 10. The van der Waals surface area contributed by atoms with Crippen LogP contribution in [0.2, 0.25) is 0 Å². The molecule has 0 saturated heterocycles. The SMILES string of the molecule is COC(=O)CCCCCCCNC(=O)c1c(C)[nH]c(/C=C2\C(=O)Nc3ccc(F)cc32)c1C. The summed E-state index contributed by atoms with van der Waals surface area (Å²) in [6, 6.07) is 4.17. The van der Waals surface area contributed by atoms with Crippen LogP contribution in [0, 0.1) is 19.7 Å². The number of carbonyl (C=O) groups is 3. The maximum Gasteiger partial charge on any atom is 0.305 e. The van der Waals surface area contributed by atoms with Gasteiger partial charge >= 0.3 is 5.97 Å². The third-order valence-corrected chi connectivity index (χ3v) is 5.83. The zero-order chi connectivity index (χ0) is 24.0. The van der Waals surface area contributed by atoms with Gasteiger partial charge in [-0.1, -0.05) is 19.3 Å². The molecule has 0 radical (unpaired) electrons. The number of aromatic nitrogens is 1. The second-order valence-electron chi connectivity index (χ2n) is 8.22. The molecule has 2 heterocycles. The number of anilines is 1. The molecule has 8 heteroatoms. The van der Waals surface area contributed by atoms with Crippen molar-refractivity contribution in [1.82, 2.24) is 10.3 Å². The van der Waals surface area contributed by atoms with Gasteiger partial charge in [0.25, 0.3) is 11.8 Å². The molecule has 2 aromatic rings. The fourth-order valence-corrected chi connectivity index (χ4v) is 4.02. The molecule has 7 nitrogen and oxygen atoms in total. The number of unbranched alkanes of at least 4 members (excludes halogenated alkanes) is 4. The van der Waals surface area contributed by atoms with Gasteiger partial charge in [0.2, 0.25) is 0 Å². The summed E-state index contributed by atoms with van der Waals surface area (Å²) in [5.74, 6) is -1.07. The number of nitrogens with one attached hydrogen (secondary N) is 3. The van der Waals surface area contributed by atoms with Gasteiger partial charge in [-0.2, -0.15) is 0 Å². The highest BCUT2D eigenvalue weighted by Gasteiger charge is 2.26. The van der Waals surface area contributed by atoms with Gasteiger partial charge in [0, 0.05) is 35.6 Å². The number of hydrogen-bond acceptors (Lipinski definition) is 4. The summed E-state index contributed by atoms with van der Waals surface area (Å²) in [5.41, 5.74) is 4.06. The fourth-order valence-electron chi connectivity index (χ4n) is 4.02. The van der Waals surface area contributed by atoms with Gasteiger partial charge in [0.1, 0.15) is 5.82 Å².